The highest BCUT2D eigenvalue weighted by atomic mass is 127. The van der Waals surface area contributed by atoms with Gasteiger partial charge in [0.15, 0.2) is 5.96 Å². The molecule has 0 spiro atoms. The fourth-order valence-electron chi connectivity index (χ4n) is 2.81. The predicted molar refractivity (Wildman–Crippen MR) is 115 cm³/mol. The largest absolute Gasteiger partial charge is 0.378 e. The number of piperidine rings is 1. The van der Waals surface area contributed by atoms with Crippen LogP contribution in [0.1, 0.15) is 53.4 Å². The zero-order valence-corrected chi connectivity index (χ0v) is 18.7. The van der Waals surface area contributed by atoms with Crippen LogP contribution in [0.5, 0.6) is 0 Å². The fraction of sp³-hybridized carbons (Fsp3) is 0.944. The van der Waals surface area contributed by atoms with Crippen LogP contribution < -0.4 is 5.32 Å². The van der Waals surface area contributed by atoms with Gasteiger partial charge >= 0.3 is 0 Å². The predicted octanol–water partition coefficient (Wildman–Crippen LogP) is 3.19. The van der Waals surface area contributed by atoms with Crippen LogP contribution in [-0.2, 0) is 4.74 Å². The summed E-state index contributed by atoms with van der Waals surface area (Å²) in [5, 5.41) is 3.44. The minimum absolute atomic E-state index is 0. The Morgan fingerprint density at radius 3 is 2.46 bits per heavy atom. The molecule has 1 N–H and O–H groups in total. The number of nitrogens with zero attached hydrogens (tertiary/aromatic N) is 3. The molecule has 0 aromatic carbocycles. The maximum absolute atomic E-state index is 5.73. The van der Waals surface area contributed by atoms with Crippen LogP contribution in [0.4, 0.5) is 0 Å². The lowest BCUT2D eigenvalue weighted by atomic mass is 10.1. The van der Waals surface area contributed by atoms with Crippen molar-refractivity contribution in [2.24, 2.45) is 4.99 Å². The molecule has 1 fully saturated rings. The van der Waals surface area contributed by atoms with E-state index >= 15 is 0 Å². The number of likely N-dealkylation sites (tertiary alicyclic amines) is 1. The Labute approximate surface area is 166 Å². The molecule has 0 saturated carbocycles. The zero-order valence-electron chi connectivity index (χ0n) is 16.4. The number of ether oxygens (including phenoxy) is 1. The van der Waals surface area contributed by atoms with Gasteiger partial charge in [0.25, 0.3) is 0 Å². The van der Waals surface area contributed by atoms with E-state index in [4.69, 9.17) is 9.73 Å². The summed E-state index contributed by atoms with van der Waals surface area (Å²) in [4.78, 5) is 9.61. The van der Waals surface area contributed by atoms with E-state index in [1.165, 1.54) is 6.42 Å². The molecule has 1 saturated heterocycles. The number of hydrogen-bond acceptors (Lipinski definition) is 3. The van der Waals surface area contributed by atoms with Crippen molar-refractivity contribution in [3.05, 3.63) is 0 Å². The Bertz CT molecular complexity index is 331. The average Bonchev–Trinajstić information content (AvgIpc) is 2.54. The summed E-state index contributed by atoms with van der Waals surface area (Å²) in [6, 6.07) is 0.627. The Hall–Kier alpha value is -0.0800. The van der Waals surface area contributed by atoms with Crippen LogP contribution in [0, 0.1) is 0 Å². The second kappa shape index (κ2) is 14.1. The Morgan fingerprint density at radius 2 is 1.92 bits per heavy atom. The van der Waals surface area contributed by atoms with Gasteiger partial charge in [-0.2, -0.15) is 0 Å². The first kappa shape index (κ1) is 23.9. The number of hydrogen-bond donors (Lipinski definition) is 1. The minimum Gasteiger partial charge on any atom is -0.378 e. The highest BCUT2D eigenvalue weighted by Crippen LogP contribution is 2.13. The van der Waals surface area contributed by atoms with Gasteiger partial charge in [-0.1, -0.05) is 0 Å². The van der Waals surface area contributed by atoms with E-state index in [9.17, 15) is 0 Å². The first-order valence-corrected chi connectivity index (χ1v) is 9.43. The van der Waals surface area contributed by atoms with Crippen molar-refractivity contribution in [1.82, 2.24) is 15.1 Å². The van der Waals surface area contributed by atoms with Gasteiger partial charge in [0.1, 0.15) is 0 Å². The second-order valence-electron chi connectivity index (χ2n) is 6.66. The lowest BCUT2D eigenvalue weighted by molar-refractivity contribution is 0.0264. The standard InChI is InChI=1S/C18H38N4O.HI/c1-6-19-18(20-12-8-9-13-21(5)16(3)4)22-14-10-17(11-15-22)23-7-2;/h16-17H,6-15H2,1-5H3,(H,19,20);1H. The summed E-state index contributed by atoms with van der Waals surface area (Å²) in [7, 11) is 2.19. The van der Waals surface area contributed by atoms with E-state index in [1.807, 2.05) is 0 Å². The van der Waals surface area contributed by atoms with Crippen molar-refractivity contribution < 1.29 is 4.74 Å². The normalized spacial score (nSPS) is 16.6. The SMILES string of the molecule is CCNC(=NCCCCN(C)C(C)C)N1CCC(OCC)CC1.I. The van der Waals surface area contributed by atoms with Crippen LogP contribution in [0.25, 0.3) is 0 Å². The summed E-state index contributed by atoms with van der Waals surface area (Å²) < 4.78 is 5.73. The second-order valence-corrected chi connectivity index (χ2v) is 6.66. The monoisotopic (exact) mass is 454 g/mol. The summed E-state index contributed by atoms with van der Waals surface area (Å²) in [6.07, 6.45) is 5.02. The van der Waals surface area contributed by atoms with Crippen LogP contribution in [0.15, 0.2) is 4.99 Å². The van der Waals surface area contributed by atoms with Gasteiger partial charge < -0.3 is 19.9 Å². The highest BCUT2D eigenvalue weighted by Gasteiger charge is 2.21. The molecule has 1 aliphatic rings. The van der Waals surface area contributed by atoms with Crippen LogP contribution in [0.3, 0.4) is 0 Å². The molecule has 0 atom stereocenters. The smallest absolute Gasteiger partial charge is 0.193 e. The van der Waals surface area contributed by atoms with Gasteiger partial charge in [0, 0.05) is 38.8 Å². The van der Waals surface area contributed by atoms with Gasteiger partial charge in [-0.15, -0.1) is 24.0 Å². The van der Waals surface area contributed by atoms with E-state index in [0.29, 0.717) is 12.1 Å². The molecule has 1 rings (SSSR count). The van der Waals surface area contributed by atoms with E-state index < -0.39 is 0 Å². The maximum atomic E-state index is 5.73. The number of halogens is 1. The van der Waals surface area contributed by atoms with Crippen molar-refractivity contribution in [2.45, 2.75) is 65.5 Å². The fourth-order valence-corrected chi connectivity index (χ4v) is 2.81. The molecule has 0 aromatic rings. The number of guanidine groups is 1. The number of rotatable bonds is 9. The molecule has 0 bridgehead atoms. The summed E-state index contributed by atoms with van der Waals surface area (Å²) >= 11 is 0. The van der Waals surface area contributed by atoms with E-state index in [-0.39, 0.29) is 24.0 Å². The Kier molecular flexibility index (Phi) is 14.1. The third kappa shape index (κ3) is 9.42. The molecule has 1 heterocycles. The van der Waals surface area contributed by atoms with E-state index in [1.54, 1.807) is 0 Å². The number of aliphatic imine (C=N–C) groups is 1. The Morgan fingerprint density at radius 1 is 1.25 bits per heavy atom. The molecule has 0 amide bonds. The first-order valence-electron chi connectivity index (χ1n) is 9.43. The molecule has 0 radical (unpaired) electrons. The topological polar surface area (TPSA) is 40.1 Å². The zero-order chi connectivity index (χ0) is 17.1. The van der Waals surface area contributed by atoms with Crippen LogP contribution in [-0.4, -0.2) is 74.3 Å². The Balaban J connectivity index is 0.00000529. The van der Waals surface area contributed by atoms with Crippen molar-refractivity contribution in [3.63, 3.8) is 0 Å². The van der Waals surface area contributed by atoms with Gasteiger partial charge in [-0.3, -0.25) is 4.99 Å². The molecule has 0 unspecified atom stereocenters. The molecule has 1 aliphatic heterocycles. The quantitative estimate of drug-likeness (QED) is 0.252. The van der Waals surface area contributed by atoms with Crippen molar-refractivity contribution in [1.29, 1.82) is 0 Å². The molecule has 144 valence electrons. The third-order valence-corrected chi connectivity index (χ3v) is 4.54. The van der Waals surface area contributed by atoms with Crippen molar-refractivity contribution in [3.8, 4) is 0 Å². The number of nitrogens with one attached hydrogen (secondary N) is 1. The third-order valence-electron chi connectivity index (χ3n) is 4.54. The van der Waals surface area contributed by atoms with E-state index in [0.717, 1.165) is 64.6 Å². The average molecular weight is 454 g/mol. The van der Waals surface area contributed by atoms with Crippen LogP contribution in [0.2, 0.25) is 0 Å². The van der Waals surface area contributed by atoms with Crippen molar-refractivity contribution >= 4 is 29.9 Å². The highest BCUT2D eigenvalue weighted by molar-refractivity contribution is 14.0. The molecule has 0 aliphatic carbocycles. The van der Waals surface area contributed by atoms with Crippen LogP contribution >= 0.6 is 24.0 Å². The molecule has 0 aromatic heterocycles. The summed E-state index contributed by atoms with van der Waals surface area (Å²) in [6.45, 7) is 14.6. The molecular weight excluding hydrogens is 415 g/mol. The lowest BCUT2D eigenvalue weighted by Gasteiger charge is -2.34. The van der Waals surface area contributed by atoms with Crippen molar-refractivity contribution in [2.75, 3.05) is 46.4 Å². The van der Waals surface area contributed by atoms with Gasteiger partial charge in [-0.05, 0) is 67.0 Å². The number of unbranched alkanes of at least 4 members (excludes halogenated alkanes) is 1. The molecule has 6 heteroatoms. The minimum atomic E-state index is 0. The first-order chi connectivity index (χ1) is 11.1. The molecule has 24 heavy (non-hydrogen) atoms. The van der Waals surface area contributed by atoms with Gasteiger partial charge in [0.2, 0.25) is 0 Å². The molecule has 5 nitrogen and oxygen atoms in total. The summed E-state index contributed by atoms with van der Waals surface area (Å²) in [5.41, 5.74) is 0. The maximum Gasteiger partial charge on any atom is 0.193 e. The summed E-state index contributed by atoms with van der Waals surface area (Å²) in [5.74, 6) is 1.08. The molecular formula is C18H39IN4O. The van der Waals surface area contributed by atoms with E-state index in [2.05, 4.69) is 49.9 Å². The van der Waals surface area contributed by atoms with Gasteiger partial charge in [-0.25, -0.2) is 0 Å². The lowest BCUT2D eigenvalue weighted by Crippen LogP contribution is -2.47. The van der Waals surface area contributed by atoms with Gasteiger partial charge in [0.05, 0.1) is 6.10 Å².